The SMILES string of the molecule is COc1ccc([C@H](Cc2c(Cl)c[nH+]cc2Cl)OC(=O)c2cccc(CN(C(=O)O[C@H]3CN4CCC3CC4)c3ccccc3C)c2)cc1OC.[OH-]. The van der Waals surface area contributed by atoms with Gasteiger partial charge in [0.25, 0.3) is 0 Å². The Kier molecular flexibility index (Phi) is 12.2. The highest BCUT2D eigenvalue weighted by molar-refractivity contribution is 6.35. The summed E-state index contributed by atoms with van der Waals surface area (Å²) in [6.07, 6.45) is 4.23. The number of amides is 1. The van der Waals surface area contributed by atoms with Crippen molar-refractivity contribution in [1.29, 1.82) is 0 Å². The summed E-state index contributed by atoms with van der Waals surface area (Å²) in [5.74, 6) is 0.861. The number of hydrogen-bond donors (Lipinski definition) is 0. The first-order chi connectivity index (χ1) is 23.7. The number of para-hydroxylation sites is 1. The molecule has 1 aromatic heterocycles. The minimum atomic E-state index is -0.770. The summed E-state index contributed by atoms with van der Waals surface area (Å²) < 4.78 is 23.3. The molecule has 2 atom stereocenters. The molecule has 10 nitrogen and oxygen atoms in total. The molecule has 0 spiro atoms. The fraction of sp³-hybridized carbons (Fsp3) is 0.342. The number of nitrogens with zero attached hydrogens (tertiary/aromatic N) is 2. The zero-order chi connectivity index (χ0) is 34.5. The molecule has 264 valence electrons. The van der Waals surface area contributed by atoms with Crippen molar-refractivity contribution in [2.24, 2.45) is 5.92 Å². The van der Waals surface area contributed by atoms with Crippen LogP contribution in [0.15, 0.2) is 79.1 Å². The van der Waals surface area contributed by atoms with E-state index in [2.05, 4.69) is 9.88 Å². The molecule has 7 rings (SSSR count). The lowest BCUT2D eigenvalue weighted by atomic mass is 9.86. The number of fused-ring (bicyclic) bond motifs is 3. The Morgan fingerprint density at radius 1 is 0.940 bits per heavy atom. The molecule has 12 heteroatoms. The van der Waals surface area contributed by atoms with Crippen molar-refractivity contribution in [2.45, 2.75) is 44.9 Å². The Hall–Kier alpha value is -4.35. The number of halogens is 2. The van der Waals surface area contributed by atoms with Gasteiger partial charge in [0, 0.05) is 18.5 Å². The van der Waals surface area contributed by atoms with Gasteiger partial charge in [0.05, 0.1) is 32.0 Å². The average molecular weight is 723 g/mol. The summed E-state index contributed by atoms with van der Waals surface area (Å²) in [7, 11) is 3.10. The molecule has 0 aliphatic carbocycles. The number of benzene rings is 3. The maximum atomic E-state index is 13.8. The number of H-pyrrole nitrogens is 1. The molecule has 50 heavy (non-hydrogen) atoms. The summed E-state index contributed by atoms with van der Waals surface area (Å²) in [5.41, 5.74) is 4.07. The summed E-state index contributed by atoms with van der Waals surface area (Å²) in [4.78, 5) is 34.6. The molecule has 0 saturated carbocycles. The van der Waals surface area contributed by atoms with Gasteiger partial charge in [-0.1, -0.05) is 59.6 Å². The standard InChI is InChI=1S/C38H39Cl2N3O6.H2O/c1-24-7-4-5-10-32(24)43(38(45)49-36-23-42-15-13-26(36)14-16-42)22-25-8-6-9-28(17-25)37(44)48-34(19-29-30(39)20-41-21-31(29)40)27-11-12-33(46-2)35(18-27)47-3;/h4-12,17-18,20-21,26,34,36H,13-16,19,22-23H2,1-3H3;1H2/t34-,36-;/m0./s1. The van der Waals surface area contributed by atoms with Crippen LogP contribution in [0.2, 0.25) is 10.0 Å². The number of esters is 1. The third-order valence-electron chi connectivity index (χ3n) is 9.39. The van der Waals surface area contributed by atoms with Crippen molar-refractivity contribution in [3.63, 3.8) is 0 Å². The van der Waals surface area contributed by atoms with Crippen LogP contribution in [-0.4, -0.2) is 62.4 Å². The number of carbonyl (C=O) groups is 2. The number of ether oxygens (including phenoxy) is 4. The van der Waals surface area contributed by atoms with Crippen LogP contribution < -0.4 is 19.4 Å². The number of aromatic nitrogens is 1. The number of carbonyl (C=O) groups excluding carboxylic acids is 2. The van der Waals surface area contributed by atoms with E-state index in [0.717, 1.165) is 49.3 Å². The second-order valence-corrected chi connectivity index (χ2v) is 13.3. The van der Waals surface area contributed by atoms with E-state index in [4.69, 9.17) is 42.1 Å². The maximum absolute atomic E-state index is 13.8. The lowest BCUT2D eigenvalue weighted by Gasteiger charge is -2.44. The first-order valence-electron chi connectivity index (χ1n) is 16.4. The zero-order valence-corrected chi connectivity index (χ0v) is 29.7. The quantitative estimate of drug-likeness (QED) is 0.148. The van der Waals surface area contributed by atoms with Crippen molar-refractivity contribution in [1.82, 2.24) is 4.90 Å². The van der Waals surface area contributed by atoms with Crippen molar-refractivity contribution >= 4 is 41.0 Å². The number of aryl methyl sites for hydroxylation is 1. The fourth-order valence-electron chi connectivity index (χ4n) is 6.67. The van der Waals surface area contributed by atoms with E-state index in [-0.39, 0.29) is 24.5 Å². The van der Waals surface area contributed by atoms with E-state index in [1.54, 1.807) is 61.8 Å². The summed E-state index contributed by atoms with van der Waals surface area (Å²) in [6.45, 7) is 5.05. The molecule has 0 unspecified atom stereocenters. The lowest BCUT2D eigenvalue weighted by molar-refractivity contribution is -0.377. The predicted molar refractivity (Wildman–Crippen MR) is 190 cm³/mol. The van der Waals surface area contributed by atoms with Crippen LogP contribution in [0.1, 0.15) is 51.6 Å². The van der Waals surface area contributed by atoms with E-state index in [1.165, 1.54) is 0 Å². The van der Waals surface area contributed by atoms with Crippen molar-refractivity contribution in [2.75, 3.05) is 38.8 Å². The molecular weight excluding hydrogens is 681 g/mol. The third-order valence-corrected chi connectivity index (χ3v) is 10.1. The van der Waals surface area contributed by atoms with Gasteiger partial charge in [-0.3, -0.25) is 9.80 Å². The molecule has 0 radical (unpaired) electrons. The number of nitrogens with one attached hydrogen (secondary N) is 1. The molecule has 3 aromatic carbocycles. The molecule has 2 bridgehead atoms. The number of piperidine rings is 3. The molecular formula is C38H41Cl2N3O7. The number of rotatable bonds is 11. The highest BCUT2D eigenvalue weighted by Crippen LogP contribution is 2.36. The van der Waals surface area contributed by atoms with Crippen LogP contribution in [0.4, 0.5) is 10.5 Å². The van der Waals surface area contributed by atoms with Crippen LogP contribution in [0.5, 0.6) is 11.5 Å². The molecule has 3 fully saturated rings. The van der Waals surface area contributed by atoms with Gasteiger partial charge in [-0.15, -0.1) is 0 Å². The van der Waals surface area contributed by atoms with Crippen LogP contribution in [0.25, 0.3) is 0 Å². The summed E-state index contributed by atoms with van der Waals surface area (Å²) in [6, 6.07) is 20.2. The van der Waals surface area contributed by atoms with Crippen molar-refractivity contribution in [3.8, 4) is 11.5 Å². The second-order valence-electron chi connectivity index (χ2n) is 12.5. The number of pyridine rings is 1. The van der Waals surface area contributed by atoms with E-state index >= 15 is 0 Å². The van der Waals surface area contributed by atoms with Gasteiger partial charge in [-0.25, -0.2) is 14.6 Å². The molecule has 4 heterocycles. The highest BCUT2D eigenvalue weighted by Gasteiger charge is 2.37. The number of aromatic amines is 1. The van der Waals surface area contributed by atoms with E-state index in [9.17, 15) is 9.59 Å². The monoisotopic (exact) mass is 721 g/mol. The highest BCUT2D eigenvalue weighted by atomic mass is 35.5. The Balaban J connectivity index is 0.00000486. The largest absolute Gasteiger partial charge is 0.870 e. The molecule has 4 aromatic rings. The number of methoxy groups -OCH3 is 2. The normalized spacial score (nSPS) is 18.4. The van der Waals surface area contributed by atoms with Crippen molar-refractivity contribution < 1.29 is 39.0 Å². The predicted octanol–water partition coefficient (Wildman–Crippen LogP) is 7.33. The van der Waals surface area contributed by atoms with Gasteiger partial charge in [0.2, 0.25) is 0 Å². The molecule has 2 N–H and O–H groups in total. The minimum Gasteiger partial charge on any atom is -0.870 e. The second kappa shape index (κ2) is 16.6. The first-order valence-corrected chi connectivity index (χ1v) is 17.1. The van der Waals surface area contributed by atoms with Gasteiger partial charge >= 0.3 is 12.1 Å². The fourth-order valence-corrected chi connectivity index (χ4v) is 7.20. The van der Waals surface area contributed by atoms with Gasteiger partial charge in [-0.05, 0) is 85.8 Å². The molecule has 3 aliphatic heterocycles. The van der Waals surface area contributed by atoms with E-state index < -0.39 is 18.2 Å². The van der Waals surface area contributed by atoms with Crippen LogP contribution >= 0.6 is 23.2 Å². The molecule has 3 saturated heterocycles. The van der Waals surface area contributed by atoms with Gasteiger partial charge in [-0.2, -0.15) is 0 Å². The Bertz CT molecular complexity index is 1790. The van der Waals surface area contributed by atoms with Gasteiger partial charge in [0.1, 0.15) is 22.3 Å². The minimum absolute atomic E-state index is 0. The van der Waals surface area contributed by atoms with Crippen LogP contribution in [0, 0.1) is 12.8 Å². The number of hydrogen-bond acceptors (Lipinski definition) is 8. The Morgan fingerprint density at radius 2 is 1.66 bits per heavy atom. The average Bonchev–Trinajstić information content (AvgIpc) is 3.12. The number of anilines is 1. The van der Waals surface area contributed by atoms with E-state index in [0.29, 0.717) is 44.2 Å². The van der Waals surface area contributed by atoms with Crippen molar-refractivity contribution in [3.05, 3.63) is 117 Å². The van der Waals surface area contributed by atoms with Gasteiger partial charge in [0.15, 0.2) is 23.9 Å². The van der Waals surface area contributed by atoms with Crippen LogP contribution in [-0.2, 0) is 22.4 Å². The Morgan fingerprint density at radius 3 is 2.32 bits per heavy atom. The topological polar surface area (TPSA) is 122 Å². The van der Waals surface area contributed by atoms with E-state index in [1.807, 2.05) is 43.3 Å². The molecule has 3 aliphatic rings. The smallest absolute Gasteiger partial charge is 0.414 e. The Labute approximate surface area is 302 Å². The van der Waals surface area contributed by atoms with Gasteiger partial charge < -0.3 is 24.4 Å². The first kappa shape index (κ1) is 36.9. The maximum Gasteiger partial charge on any atom is 0.414 e. The zero-order valence-electron chi connectivity index (χ0n) is 28.2. The molecule has 1 amide bonds. The summed E-state index contributed by atoms with van der Waals surface area (Å²) >= 11 is 13.0. The summed E-state index contributed by atoms with van der Waals surface area (Å²) in [5, 5.41) is 0.829. The van der Waals surface area contributed by atoms with Crippen LogP contribution in [0.3, 0.4) is 0 Å². The lowest BCUT2D eigenvalue weighted by Crippen LogP contribution is -2.53. The third kappa shape index (κ3) is 8.33.